The van der Waals surface area contributed by atoms with E-state index in [0.717, 1.165) is 42.1 Å². The maximum absolute atomic E-state index is 12.0. The highest BCUT2D eigenvalue weighted by molar-refractivity contribution is 5.77. The van der Waals surface area contributed by atoms with E-state index >= 15 is 0 Å². The highest BCUT2D eigenvalue weighted by Crippen LogP contribution is 2.40. The number of rotatable bonds is 2. The number of hydrogen-bond donors (Lipinski definition) is 0. The molecule has 2 aliphatic rings. The number of allylic oxidation sites excluding steroid dienone is 2. The highest BCUT2D eigenvalue weighted by atomic mass is 16.5. The van der Waals surface area contributed by atoms with Gasteiger partial charge in [0.15, 0.2) is 0 Å². The molecule has 0 amide bonds. The summed E-state index contributed by atoms with van der Waals surface area (Å²) < 4.78 is 5.39. The van der Waals surface area contributed by atoms with Crippen molar-refractivity contribution in [2.45, 2.75) is 39.5 Å². The fraction of sp³-hybridized carbons (Fsp3) is 0.533. The molecular weight excluding hydrogens is 240 g/mol. The van der Waals surface area contributed by atoms with Crippen molar-refractivity contribution in [2.75, 3.05) is 0 Å². The van der Waals surface area contributed by atoms with Crippen molar-refractivity contribution in [3.8, 4) is 0 Å². The lowest BCUT2D eigenvalue weighted by atomic mass is 9.82. The Hall–Kier alpha value is -1.71. The molecule has 4 nitrogen and oxygen atoms in total. The maximum Gasteiger partial charge on any atom is 0.315 e. The summed E-state index contributed by atoms with van der Waals surface area (Å²) in [5.41, 5.74) is 2.74. The van der Waals surface area contributed by atoms with Gasteiger partial charge in [0, 0.05) is 18.5 Å². The topological polar surface area (TPSA) is 52.1 Å². The Morgan fingerprint density at radius 3 is 3.05 bits per heavy atom. The summed E-state index contributed by atoms with van der Waals surface area (Å²) in [5, 5.41) is 0. The van der Waals surface area contributed by atoms with Crippen LogP contribution in [0.25, 0.3) is 0 Å². The normalized spacial score (nSPS) is 25.8. The molecule has 1 saturated heterocycles. The van der Waals surface area contributed by atoms with Crippen molar-refractivity contribution < 1.29 is 9.53 Å². The summed E-state index contributed by atoms with van der Waals surface area (Å²) >= 11 is 0. The molecule has 0 N–H and O–H groups in total. The second-order valence-electron chi connectivity index (χ2n) is 5.42. The predicted octanol–water partition coefficient (Wildman–Crippen LogP) is 2.49. The highest BCUT2D eigenvalue weighted by Gasteiger charge is 2.42. The molecule has 0 radical (unpaired) electrons. The third kappa shape index (κ3) is 2.27. The molecule has 0 spiro atoms. The minimum atomic E-state index is -0.0973. The first-order valence-corrected chi connectivity index (χ1v) is 6.86. The number of esters is 1. The molecule has 2 unspecified atom stereocenters. The van der Waals surface area contributed by atoms with E-state index in [9.17, 15) is 4.79 Å². The van der Waals surface area contributed by atoms with Crippen LogP contribution in [0.2, 0.25) is 0 Å². The molecule has 100 valence electrons. The van der Waals surface area contributed by atoms with Crippen molar-refractivity contribution in [1.82, 2.24) is 9.97 Å². The van der Waals surface area contributed by atoms with E-state index in [2.05, 4.69) is 16.0 Å². The molecule has 2 atom stereocenters. The Bertz CT molecular complexity index is 551. The number of fused-ring (bicyclic) bond motifs is 1. The molecule has 1 aromatic heterocycles. The van der Waals surface area contributed by atoms with Crippen LogP contribution in [0.4, 0.5) is 0 Å². The fourth-order valence-electron chi connectivity index (χ4n) is 3.01. The first-order chi connectivity index (χ1) is 9.15. The molecule has 19 heavy (non-hydrogen) atoms. The van der Waals surface area contributed by atoms with Crippen LogP contribution in [-0.4, -0.2) is 15.9 Å². The van der Waals surface area contributed by atoms with Crippen LogP contribution < -0.4 is 0 Å². The second kappa shape index (κ2) is 4.76. The van der Waals surface area contributed by atoms with Crippen molar-refractivity contribution in [1.29, 1.82) is 0 Å². The van der Waals surface area contributed by atoms with Crippen LogP contribution in [0.1, 0.15) is 36.3 Å². The van der Waals surface area contributed by atoms with Gasteiger partial charge in [-0.3, -0.25) is 14.8 Å². The Morgan fingerprint density at radius 2 is 2.26 bits per heavy atom. The van der Waals surface area contributed by atoms with Gasteiger partial charge < -0.3 is 4.74 Å². The van der Waals surface area contributed by atoms with E-state index in [1.54, 1.807) is 6.20 Å². The van der Waals surface area contributed by atoms with E-state index in [1.807, 2.05) is 13.8 Å². The van der Waals surface area contributed by atoms with E-state index in [1.165, 1.54) is 0 Å². The van der Waals surface area contributed by atoms with Gasteiger partial charge in [-0.1, -0.05) is 0 Å². The lowest BCUT2D eigenvalue weighted by Crippen LogP contribution is -2.20. The fourth-order valence-corrected chi connectivity index (χ4v) is 3.01. The summed E-state index contributed by atoms with van der Waals surface area (Å²) in [7, 11) is 0. The van der Waals surface area contributed by atoms with Crippen molar-refractivity contribution in [3.05, 3.63) is 35.1 Å². The maximum atomic E-state index is 12.0. The summed E-state index contributed by atoms with van der Waals surface area (Å²) in [5.74, 6) is 0.963. The van der Waals surface area contributed by atoms with Crippen molar-refractivity contribution in [3.63, 3.8) is 0 Å². The van der Waals surface area contributed by atoms with Gasteiger partial charge in [0.2, 0.25) is 0 Å². The summed E-state index contributed by atoms with van der Waals surface area (Å²) in [4.78, 5) is 20.9. The summed E-state index contributed by atoms with van der Waals surface area (Å²) in [6.45, 7) is 3.88. The Kier molecular flexibility index (Phi) is 3.09. The molecule has 0 aromatic carbocycles. The minimum absolute atomic E-state index is 0.0812. The molecule has 1 aromatic rings. The van der Waals surface area contributed by atoms with Gasteiger partial charge in [0.25, 0.3) is 0 Å². The zero-order valence-corrected chi connectivity index (χ0v) is 11.3. The SMILES string of the molecule is Cc1cnc(CC2C(=O)OC3=CCCCC32)c(C)n1. The van der Waals surface area contributed by atoms with Gasteiger partial charge in [-0.15, -0.1) is 0 Å². The molecular formula is C15H18N2O2. The smallest absolute Gasteiger partial charge is 0.315 e. The Labute approximate surface area is 112 Å². The lowest BCUT2D eigenvalue weighted by molar-refractivity contribution is -0.139. The predicted molar refractivity (Wildman–Crippen MR) is 70.2 cm³/mol. The molecule has 2 heterocycles. The largest absolute Gasteiger partial charge is 0.431 e. The molecule has 1 aliphatic carbocycles. The lowest BCUT2D eigenvalue weighted by Gasteiger charge is -2.18. The molecule has 1 aliphatic heterocycles. The minimum Gasteiger partial charge on any atom is -0.431 e. The van der Waals surface area contributed by atoms with Crippen LogP contribution in [0, 0.1) is 25.7 Å². The average molecular weight is 258 g/mol. The molecule has 0 bridgehead atoms. The third-order valence-electron chi connectivity index (χ3n) is 4.02. The van der Waals surface area contributed by atoms with Crippen LogP contribution in [0.15, 0.2) is 18.0 Å². The first kappa shape index (κ1) is 12.3. The van der Waals surface area contributed by atoms with E-state index in [-0.39, 0.29) is 17.8 Å². The van der Waals surface area contributed by atoms with E-state index in [0.29, 0.717) is 6.42 Å². The summed E-state index contributed by atoms with van der Waals surface area (Å²) in [6, 6.07) is 0. The number of ether oxygens (including phenoxy) is 1. The van der Waals surface area contributed by atoms with Crippen LogP contribution in [0.3, 0.4) is 0 Å². The summed E-state index contributed by atoms with van der Waals surface area (Å²) in [6.07, 6.45) is 7.68. The van der Waals surface area contributed by atoms with Gasteiger partial charge in [-0.25, -0.2) is 0 Å². The number of carbonyl (C=O) groups excluding carboxylic acids is 1. The second-order valence-corrected chi connectivity index (χ2v) is 5.42. The number of hydrogen-bond acceptors (Lipinski definition) is 4. The molecule has 3 rings (SSSR count). The third-order valence-corrected chi connectivity index (χ3v) is 4.02. The number of carbonyl (C=O) groups is 1. The Morgan fingerprint density at radius 1 is 1.42 bits per heavy atom. The van der Waals surface area contributed by atoms with Crippen molar-refractivity contribution in [2.24, 2.45) is 11.8 Å². The number of nitrogens with zero attached hydrogens (tertiary/aromatic N) is 2. The van der Waals surface area contributed by atoms with Gasteiger partial charge in [0.1, 0.15) is 5.76 Å². The number of aromatic nitrogens is 2. The van der Waals surface area contributed by atoms with E-state index in [4.69, 9.17) is 4.74 Å². The monoisotopic (exact) mass is 258 g/mol. The van der Waals surface area contributed by atoms with Crippen LogP contribution >= 0.6 is 0 Å². The molecule has 0 saturated carbocycles. The standard InChI is InChI=1S/C15H18N2O2/c1-9-8-16-13(10(2)17-9)7-12-11-5-3-4-6-14(11)19-15(12)18/h6,8,11-12H,3-5,7H2,1-2H3. The van der Waals surface area contributed by atoms with Gasteiger partial charge in [-0.2, -0.15) is 0 Å². The van der Waals surface area contributed by atoms with Gasteiger partial charge in [-0.05, 0) is 39.2 Å². The zero-order chi connectivity index (χ0) is 13.4. The van der Waals surface area contributed by atoms with Crippen LogP contribution in [-0.2, 0) is 16.0 Å². The van der Waals surface area contributed by atoms with Crippen LogP contribution in [0.5, 0.6) is 0 Å². The first-order valence-electron chi connectivity index (χ1n) is 6.86. The molecule has 1 fully saturated rings. The zero-order valence-electron chi connectivity index (χ0n) is 11.3. The Balaban J connectivity index is 1.84. The quantitative estimate of drug-likeness (QED) is 0.765. The number of aryl methyl sites for hydroxylation is 2. The van der Waals surface area contributed by atoms with E-state index < -0.39 is 0 Å². The van der Waals surface area contributed by atoms with Gasteiger partial charge >= 0.3 is 5.97 Å². The average Bonchev–Trinajstić information content (AvgIpc) is 2.69. The van der Waals surface area contributed by atoms with Gasteiger partial charge in [0.05, 0.1) is 23.0 Å². The van der Waals surface area contributed by atoms with Crippen molar-refractivity contribution >= 4 is 5.97 Å². The molecule has 4 heteroatoms.